The van der Waals surface area contributed by atoms with Crippen LogP contribution in [0.2, 0.25) is 0 Å². The van der Waals surface area contributed by atoms with Gasteiger partial charge in [-0.3, -0.25) is 10.1 Å². The fraction of sp³-hybridized carbons (Fsp3) is 0.348. The molecule has 0 saturated heterocycles. The van der Waals surface area contributed by atoms with Gasteiger partial charge in [-0.05, 0) is 68.9 Å². The third kappa shape index (κ3) is 6.01. The molecule has 0 aliphatic carbocycles. The minimum absolute atomic E-state index is 0.0865. The van der Waals surface area contributed by atoms with Gasteiger partial charge in [0.25, 0.3) is 5.91 Å². The van der Waals surface area contributed by atoms with Crippen LogP contribution in [0, 0.1) is 13.8 Å². The number of hydrogen-bond donors (Lipinski definition) is 2. The number of aryl methyl sites for hydroxylation is 2. The topological polar surface area (TPSA) is 67.7 Å². The summed E-state index contributed by atoms with van der Waals surface area (Å²) in [6.45, 7) is 5.81. The van der Waals surface area contributed by atoms with Crippen LogP contribution in [0.1, 0.15) is 53.5 Å². The van der Waals surface area contributed by atoms with Crippen molar-refractivity contribution in [3.8, 4) is 5.75 Å². The number of thiocarbonyl (C=S) groups is 1. The Bertz CT molecular complexity index is 1170. The van der Waals surface area contributed by atoms with Crippen molar-refractivity contribution >= 4 is 34.4 Å². The number of alkyl halides is 3. The lowest BCUT2D eigenvalue weighted by atomic mass is 10.1. The lowest BCUT2D eigenvalue weighted by Gasteiger charge is -2.17. The van der Waals surface area contributed by atoms with Crippen LogP contribution in [-0.2, 0) is 6.18 Å². The summed E-state index contributed by atoms with van der Waals surface area (Å²) in [6.07, 6.45) is -2.11. The maximum atomic E-state index is 13.5. The zero-order valence-electron chi connectivity index (χ0n) is 18.5. The van der Waals surface area contributed by atoms with Gasteiger partial charge < -0.3 is 10.1 Å². The van der Waals surface area contributed by atoms with E-state index in [1.165, 1.54) is 12.1 Å². The number of unbranched alkanes of at least 4 members (excludes halogenated alkanes) is 2. The summed E-state index contributed by atoms with van der Waals surface area (Å²) >= 11 is 5.15. The summed E-state index contributed by atoms with van der Waals surface area (Å²) < 4.78 is 47.6. The zero-order valence-corrected chi connectivity index (χ0v) is 19.4. The second-order valence-electron chi connectivity index (χ2n) is 7.63. The summed E-state index contributed by atoms with van der Waals surface area (Å²) in [6, 6.07) is 8.88. The van der Waals surface area contributed by atoms with Crippen molar-refractivity contribution in [3.63, 3.8) is 0 Å². The molecule has 10 heteroatoms. The molecule has 3 aromatic rings. The Balaban J connectivity index is 1.71. The van der Waals surface area contributed by atoms with E-state index in [9.17, 15) is 18.0 Å². The smallest absolute Gasteiger partial charge is 0.420 e. The van der Waals surface area contributed by atoms with Crippen LogP contribution in [0.15, 0.2) is 36.4 Å². The van der Waals surface area contributed by atoms with Crippen molar-refractivity contribution < 1.29 is 22.7 Å². The molecular weight excluding hydrogens is 453 g/mol. The van der Waals surface area contributed by atoms with Crippen molar-refractivity contribution in [1.82, 2.24) is 14.9 Å². The predicted octanol–water partition coefficient (Wildman–Crippen LogP) is 5.67. The molecule has 2 heterocycles. The Hall–Kier alpha value is -3.14. The third-order valence-electron chi connectivity index (χ3n) is 5.01. The highest BCUT2D eigenvalue weighted by Gasteiger charge is 2.34. The maximum Gasteiger partial charge on any atom is 0.420 e. The van der Waals surface area contributed by atoms with Crippen molar-refractivity contribution in [3.05, 3.63) is 58.9 Å². The number of rotatable bonds is 7. The Kier molecular flexibility index (Phi) is 7.57. The summed E-state index contributed by atoms with van der Waals surface area (Å²) in [4.78, 5) is 12.7. The van der Waals surface area contributed by atoms with E-state index in [2.05, 4.69) is 15.7 Å². The van der Waals surface area contributed by atoms with Crippen molar-refractivity contribution in [2.45, 2.75) is 46.2 Å². The predicted molar refractivity (Wildman–Crippen MR) is 125 cm³/mol. The monoisotopic (exact) mass is 478 g/mol. The molecule has 2 aromatic heterocycles. The highest BCUT2D eigenvalue weighted by molar-refractivity contribution is 7.80. The Morgan fingerprint density at radius 1 is 1.15 bits per heavy atom. The van der Waals surface area contributed by atoms with Gasteiger partial charge in [0.2, 0.25) is 0 Å². The van der Waals surface area contributed by atoms with E-state index < -0.39 is 17.6 Å². The lowest BCUT2D eigenvalue weighted by Crippen LogP contribution is -2.34. The van der Waals surface area contributed by atoms with Crippen LogP contribution in [0.4, 0.5) is 18.9 Å². The van der Waals surface area contributed by atoms with E-state index in [1.807, 2.05) is 19.9 Å². The molecule has 0 aliphatic heterocycles. The second kappa shape index (κ2) is 10.2. The molecule has 33 heavy (non-hydrogen) atoms. The highest BCUT2D eigenvalue weighted by atomic mass is 32.1. The van der Waals surface area contributed by atoms with Crippen molar-refractivity contribution in [2.75, 3.05) is 11.9 Å². The largest absolute Gasteiger partial charge is 0.493 e. The number of fused-ring (bicyclic) bond motifs is 1. The van der Waals surface area contributed by atoms with Gasteiger partial charge in [0.15, 0.2) is 5.11 Å². The standard InChI is InChI=1S/C23H25F3N4O2S/c1-4-5-6-11-32-20-10-7-16(13-19(20)23(24,25)26)27-22(33)28-21(31)18-9-8-17-12-14(2)29-30(17)15(18)3/h7-10,12-13H,4-6,11H2,1-3H3,(H2,27,28,31,33). The van der Waals surface area contributed by atoms with E-state index in [1.54, 1.807) is 23.6 Å². The van der Waals surface area contributed by atoms with E-state index in [0.717, 1.165) is 30.1 Å². The number of aromatic nitrogens is 2. The molecule has 0 bridgehead atoms. The molecular formula is C23H25F3N4O2S. The van der Waals surface area contributed by atoms with Crippen LogP contribution in [0.3, 0.4) is 0 Å². The fourth-order valence-corrected chi connectivity index (χ4v) is 3.58. The fourth-order valence-electron chi connectivity index (χ4n) is 3.37. The number of pyridine rings is 1. The number of anilines is 1. The lowest BCUT2D eigenvalue weighted by molar-refractivity contribution is -0.138. The van der Waals surface area contributed by atoms with E-state index in [0.29, 0.717) is 17.7 Å². The first kappa shape index (κ1) is 24.5. The van der Waals surface area contributed by atoms with Crippen LogP contribution in [0.5, 0.6) is 5.75 Å². The molecule has 1 aromatic carbocycles. The molecule has 3 rings (SSSR count). The molecule has 0 radical (unpaired) electrons. The molecule has 2 N–H and O–H groups in total. The van der Waals surface area contributed by atoms with Crippen molar-refractivity contribution in [1.29, 1.82) is 0 Å². The minimum Gasteiger partial charge on any atom is -0.493 e. The normalized spacial score (nSPS) is 11.5. The second-order valence-corrected chi connectivity index (χ2v) is 8.04. The van der Waals surface area contributed by atoms with Crippen molar-refractivity contribution in [2.24, 2.45) is 0 Å². The summed E-state index contributed by atoms with van der Waals surface area (Å²) in [7, 11) is 0. The number of benzene rings is 1. The van der Waals surface area contributed by atoms with Crippen LogP contribution < -0.4 is 15.4 Å². The van der Waals surface area contributed by atoms with Gasteiger partial charge >= 0.3 is 6.18 Å². The van der Waals surface area contributed by atoms with Gasteiger partial charge in [-0.2, -0.15) is 18.3 Å². The quantitative estimate of drug-likeness (QED) is 0.339. The number of carbonyl (C=O) groups is 1. The molecule has 0 saturated carbocycles. The summed E-state index contributed by atoms with van der Waals surface area (Å²) in [5.74, 6) is -0.732. The molecule has 0 unspecified atom stereocenters. The highest BCUT2D eigenvalue weighted by Crippen LogP contribution is 2.38. The van der Waals surface area contributed by atoms with Gasteiger partial charge in [0.1, 0.15) is 5.75 Å². The van der Waals surface area contributed by atoms with Gasteiger partial charge in [0.05, 0.1) is 34.6 Å². The molecule has 0 fully saturated rings. The number of carbonyl (C=O) groups excluding carboxylic acids is 1. The Morgan fingerprint density at radius 3 is 2.61 bits per heavy atom. The molecule has 0 aliphatic rings. The minimum atomic E-state index is -4.60. The molecule has 0 atom stereocenters. The number of ether oxygens (including phenoxy) is 1. The average Bonchev–Trinajstić information content (AvgIpc) is 3.12. The number of halogens is 3. The first-order valence-electron chi connectivity index (χ1n) is 10.5. The van der Waals surface area contributed by atoms with Crippen LogP contribution >= 0.6 is 12.2 Å². The number of hydrogen-bond acceptors (Lipinski definition) is 4. The van der Waals surface area contributed by atoms with Gasteiger partial charge in [0, 0.05) is 5.69 Å². The third-order valence-corrected chi connectivity index (χ3v) is 5.21. The van der Waals surface area contributed by atoms with Crippen LogP contribution in [0.25, 0.3) is 5.52 Å². The Morgan fingerprint density at radius 2 is 1.91 bits per heavy atom. The van der Waals surface area contributed by atoms with E-state index in [4.69, 9.17) is 17.0 Å². The summed E-state index contributed by atoms with van der Waals surface area (Å²) in [5.41, 5.74) is 1.80. The Labute approximate surface area is 195 Å². The van der Waals surface area contributed by atoms with Gasteiger partial charge in [-0.15, -0.1) is 0 Å². The molecule has 0 spiro atoms. The van der Waals surface area contributed by atoms with E-state index >= 15 is 0 Å². The molecule has 176 valence electrons. The molecule has 1 amide bonds. The number of nitrogens with zero attached hydrogens (tertiary/aromatic N) is 2. The molecule has 6 nitrogen and oxygen atoms in total. The maximum absolute atomic E-state index is 13.5. The number of nitrogens with one attached hydrogen (secondary N) is 2. The SMILES string of the molecule is CCCCCOc1ccc(NC(=S)NC(=O)c2ccc3cc(C)nn3c2C)cc1C(F)(F)F. The first-order chi connectivity index (χ1) is 15.6. The van der Waals surface area contributed by atoms with E-state index in [-0.39, 0.29) is 23.2 Å². The summed E-state index contributed by atoms with van der Waals surface area (Å²) in [5, 5.41) is 9.37. The first-order valence-corrected chi connectivity index (χ1v) is 10.9. The zero-order chi connectivity index (χ0) is 24.2. The average molecular weight is 479 g/mol. The van der Waals surface area contributed by atoms with Gasteiger partial charge in [-0.25, -0.2) is 4.52 Å². The van der Waals surface area contributed by atoms with Gasteiger partial charge in [-0.1, -0.05) is 19.8 Å². The number of amides is 1. The van der Waals surface area contributed by atoms with Crippen LogP contribution in [-0.4, -0.2) is 27.2 Å².